The van der Waals surface area contributed by atoms with Crippen molar-refractivity contribution < 1.29 is 9.26 Å². The lowest BCUT2D eigenvalue weighted by Crippen LogP contribution is -2.21. The number of aryl methyl sites for hydroxylation is 1. The van der Waals surface area contributed by atoms with E-state index in [1.807, 2.05) is 48.5 Å². The summed E-state index contributed by atoms with van der Waals surface area (Å²) in [5, 5.41) is 8.64. The molecule has 5 rings (SSSR count). The molecule has 0 saturated carbocycles. The van der Waals surface area contributed by atoms with E-state index in [4.69, 9.17) is 9.26 Å². The molecule has 0 fully saturated rings. The molecule has 0 aliphatic heterocycles. The zero-order valence-corrected chi connectivity index (χ0v) is 19.8. The second-order valence-electron chi connectivity index (χ2n) is 8.38. The fourth-order valence-corrected chi connectivity index (χ4v) is 3.82. The first-order valence-electron chi connectivity index (χ1n) is 11.9. The first-order valence-corrected chi connectivity index (χ1v) is 11.9. The molecular weight excluding hydrogens is 442 g/mol. The van der Waals surface area contributed by atoms with Crippen LogP contribution < -0.4 is 10.3 Å². The lowest BCUT2D eigenvalue weighted by Gasteiger charge is -2.05. The highest BCUT2D eigenvalue weighted by Crippen LogP contribution is 2.22. The first kappa shape index (κ1) is 22.6. The number of hydrogen-bond donors (Lipinski definition) is 0. The predicted octanol–water partition coefficient (Wildman–Crippen LogP) is 5.00. The first-order chi connectivity index (χ1) is 17.1. The standard InChI is InChI=1S/C27H27N5O3/c1-3-5-16-34-22-12-10-20(11-13-22)23-17-24-27(33)31(14-15-32(24)29-23)18-25-28-26(30-35-25)21-8-6-19(4-2)7-9-21/h6-15,17H,3-5,16,18H2,1-2H3. The molecule has 0 atom stereocenters. The van der Waals surface area contributed by atoms with E-state index in [1.54, 1.807) is 27.5 Å². The third kappa shape index (κ3) is 4.87. The minimum atomic E-state index is -0.183. The Bertz CT molecular complexity index is 1480. The van der Waals surface area contributed by atoms with Crippen LogP contribution in [0.3, 0.4) is 0 Å². The average molecular weight is 470 g/mol. The van der Waals surface area contributed by atoms with Gasteiger partial charge in [0.2, 0.25) is 11.7 Å². The van der Waals surface area contributed by atoms with E-state index in [-0.39, 0.29) is 12.1 Å². The van der Waals surface area contributed by atoms with Crippen LogP contribution in [0.5, 0.6) is 5.75 Å². The fraction of sp³-hybridized carbons (Fsp3) is 0.259. The van der Waals surface area contributed by atoms with E-state index >= 15 is 0 Å². The van der Waals surface area contributed by atoms with Gasteiger partial charge in [0, 0.05) is 23.5 Å². The molecule has 5 aromatic rings. The van der Waals surface area contributed by atoms with E-state index in [0.717, 1.165) is 41.8 Å². The van der Waals surface area contributed by atoms with Gasteiger partial charge in [0.1, 0.15) is 17.8 Å². The van der Waals surface area contributed by atoms with Crippen LogP contribution in [0.1, 0.15) is 38.1 Å². The van der Waals surface area contributed by atoms with Gasteiger partial charge in [-0.1, -0.05) is 49.7 Å². The Morgan fingerprint density at radius 2 is 1.74 bits per heavy atom. The van der Waals surface area contributed by atoms with E-state index < -0.39 is 0 Å². The van der Waals surface area contributed by atoms with Crippen LogP contribution in [0.4, 0.5) is 0 Å². The summed E-state index contributed by atoms with van der Waals surface area (Å²) in [5.74, 6) is 1.70. The van der Waals surface area contributed by atoms with Crippen molar-refractivity contribution in [3.63, 3.8) is 0 Å². The van der Waals surface area contributed by atoms with Crippen LogP contribution in [0, 0.1) is 0 Å². The Morgan fingerprint density at radius 1 is 0.971 bits per heavy atom. The summed E-state index contributed by atoms with van der Waals surface area (Å²) in [6.07, 6.45) is 6.52. The van der Waals surface area contributed by atoms with Gasteiger partial charge in [0.15, 0.2) is 0 Å². The number of fused-ring (bicyclic) bond motifs is 1. The van der Waals surface area contributed by atoms with Crippen molar-refractivity contribution in [2.75, 3.05) is 6.61 Å². The topological polar surface area (TPSA) is 87.5 Å². The fourth-order valence-electron chi connectivity index (χ4n) is 3.82. The second-order valence-corrected chi connectivity index (χ2v) is 8.38. The average Bonchev–Trinajstić information content (AvgIpc) is 3.54. The summed E-state index contributed by atoms with van der Waals surface area (Å²) in [6, 6.07) is 17.6. The van der Waals surface area contributed by atoms with E-state index in [0.29, 0.717) is 23.8 Å². The Morgan fingerprint density at radius 3 is 2.49 bits per heavy atom. The molecular formula is C27H27N5O3. The van der Waals surface area contributed by atoms with E-state index in [9.17, 15) is 4.79 Å². The SMILES string of the molecule is CCCCOc1ccc(-c2cc3c(=O)n(Cc4nc(-c5ccc(CC)cc5)no4)ccn3n2)cc1. The summed E-state index contributed by atoms with van der Waals surface area (Å²) in [6.45, 7) is 5.13. The molecule has 35 heavy (non-hydrogen) atoms. The van der Waals surface area contributed by atoms with Gasteiger partial charge in [-0.2, -0.15) is 10.1 Å². The lowest BCUT2D eigenvalue weighted by atomic mass is 10.1. The number of nitrogens with zero attached hydrogens (tertiary/aromatic N) is 5. The summed E-state index contributed by atoms with van der Waals surface area (Å²) in [7, 11) is 0. The van der Waals surface area contributed by atoms with Crippen LogP contribution in [-0.4, -0.2) is 30.9 Å². The predicted molar refractivity (Wildman–Crippen MR) is 134 cm³/mol. The molecule has 0 amide bonds. The summed E-state index contributed by atoms with van der Waals surface area (Å²) >= 11 is 0. The molecule has 0 radical (unpaired) electrons. The van der Waals surface area contributed by atoms with Crippen LogP contribution in [-0.2, 0) is 13.0 Å². The molecule has 2 aromatic carbocycles. The third-order valence-electron chi connectivity index (χ3n) is 5.91. The van der Waals surface area contributed by atoms with E-state index in [1.165, 1.54) is 5.56 Å². The van der Waals surface area contributed by atoms with Gasteiger partial charge in [-0.15, -0.1) is 0 Å². The van der Waals surface area contributed by atoms with Crippen molar-refractivity contribution in [1.82, 2.24) is 24.3 Å². The minimum Gasteiger partial charge on any atom is -0.494 e. The van der Waals surface area contributed by atoms with Crippen molar-refractivity contribution in [3.05, 3.63) is 88.8 Å². The number of benzene rings is 2. The van der Waals surface area contributed by atoms with Crippen LogP contribution in [0.2, 0.25) is 0 Å². The lowest BCUT2D eigenvalue weighted by molar-refractivity contribution is 0.309. The second kappa shape index (κ2) is 9.97. The maximum Gasteiger partial charge on any atom is 0.277 e. The molecule has 8 nitrogen and oxygen atoms in total. The molecule has 3 heterocycles. The van der Waals surface area contributed by atoms with Gasteiger partial charge in [-0.3, -0.25) is 4.79 Å². The van der Waals surface area contributed by atoms with Crippen molar-refractivity contribution in [2.24, 2.45) is 0 Å². The summed E-state index contributed by atoms with van der Waals surface area (Å²) in [5.41, 5.74) is 4.04. The minimum absolute atomic E-state index is 0.180. The molecule has 0 bridgehead atoms. The molecule has 0 saturated heterocycles. The number of ether oxygens (including phenoxy) is 1. The molecule has 3 aromatic heterocycles. The maximum absolute atomic E-state index is 13.1. The number of rotatable bonds is 9. The highest BCUT2D eigenvalue weighted by molar-refractivity contribution is 5.66. The molecule has 0 aliphatic carbocycles. The third-order valence-corrected chi connectivity index (χ3v) is 5.91. The van der Waals surface area contributed by atoms with E-state index in [2.05, 4.69) is 29.1 Å². The Hall–Kier alpha value is -4.20. The monoisotopic (exact) mass is 469 g/mol. The van der Waals surface area contributed by atoms with Gasteiger partial charge in [0.25, 0.3) is 5.56 Å². The summed E-state index contributed by atoms with van der Waals surface area (Å²) in [4.78, 5) is 17.6. The van der Waals surface area contributed by atoms with Crippen molar-refractivity contribution >= 4 is 5.52 Å². The number of aromatic nitrogens is 5. The highest BCUT2D eigenvalue weighted by atomic mass is 16.5. The molecule has 178 valence electrons. The molecule has 8 heteroatoms. The quantitative estimate of drug-likeness (QED) is 0.282. The van der Waals surface area contributed by atoms with Gasteiger partial charge >= 0.3 is 0 Å². The Labute approximate surface area is 202 Å². The molecule has 0 spiro atoms. The summed E-state index contributed by atoms with van der Waals surface area (Å²) < 4.78 is 14.3. The maximum atomic E-state index is 13.1. The van der Waals surface area contributed by atoms with Crippen LogP contribution >= 0.6 is 0 Å². The van der Waals surface area contributed by atoms with Crippen molar-refractivity contribution in [2.45, 2.75) is 39.7 Å². The van der Waals surface area contributed by atoms with Gasteiger partial charge in [-0.05, 0) is 48.7 Å². The number of unbranched alkanes of at least 4 members (excludes halogenated alkanes) is 1. The highest BCUT2D eigenvalue weighted by Gasteiger charge is 2.13. The normalized spacial score (nSPS) is 11.3. The zero-order chi connectivity index (χ0) is 24.2. The Balaban J connectivity index is 1.35. The number of hydrogen-bond acceptors (Lipinski definition) is 6. The molecule has 0 aliphatic rings. The van der Waals surface area contributed by atoms with Crippen molar-refractivity contribution in [3.8, 4) is 28.4 Å². The molecule has 0 unspecified atom stereocenters. The van der Waals surface area contributed by atoms with Crippen molar-refractivity contribution in [1.29, 1.82) is 0 Å². The smallest absolute Gasteiger partial charge is 0.277 e. The van der Waals surface area contributed by atoms with Crippen LogP contribution in [0.25, 0.3) is 28.2 Å². The van der Waals surface area contributed by atoms with Gasteiger partial charge < -0.3 is 13.8 Å². The van der Waals surface area contributed by atoms with Crippen LogP contribution in [0.15, 0.2) is 76.3 Å². The van der Waals surface area contributed by atoms with Gasteiger partial charge in [-0.25, -0.2) is 4.52 Å². The zero-order valence-electron chi connectivity index (χ0n) is 19.8. The largest absolute Gasteiger partial charge is 0.494 e. The van der Waals surface area contributed by atoms with Gasteiger partial charge in [0.05, 0.1) is 12.3 Å². The molecule has 0 N–H and O–H groups in total. The Kier molecular flexibility index (Phi) is 6.43.